The van der Waals surface area contributed by atoms with E-state index in [0.717, 1.165) is 61.7 Å². The van der Waals surface area contributed by atoms with Crippen molar-refractivity contribution in [2.45, 2.75) is 42.7 Å². The molecule has 0 saturated heterocycles. The number of anilines is 1. The van der Waals surface area contributed by atoms with Crippen LogP contribution in [0.25, 0.3) is 32.3 Å². The van der Waals surface area contributed by atoms with E-state index >= 15 is 0 Å². The first-order valence-electron chi connectivity index (χ1n) is 22.5. The quantitative estimate of drug-likeness (QED) is 0.0246. The van der Waals surface area contributed by atoms with Crippen molar-refractivity contribution in [3.8, 4) is 23.0 Å². The van der Waals surface area contributed by atoms with Crippen molar-refractivity contribution in [3.05, 3.63) is 95.6 Å². The normalized spacial score (nSPS) is 15.3. The largest absolute Gasteiger partial charge is 0.505 e. The van der Waals surface area contributed by atoms with Gasteiger partial charge < -0.3 is 25.8 Å². The van der Waals surface area contributed by atoms with Crippen molar-refractivity contribution in [3.63, 3.8) is 0 Å². The molecule has 41 heteroatoms. The monoisotopic (exact) mass is 1310 g/mol. The van der Waals surface area contributed by atoms with Gasteiger partial charge in [0.2, 0.25) is 0 Å². The van der Waals surface area contributed by atoms with Crippen LogP contribution in [0, 0.1) is 5.92 Å². The van der Waals surface area contributed by atoms with Crippen molar-refractivity contribution < 1.29 is 111 Å². The summed E-state index contributed by atoms with van der Waals surface area (Å²) < 4.78 is 252. The number of nitrogens with two attached hydrogens (primary N) is 1. The minimum absolute atomic E-state index is 0.123. The number of methoxy groups -OCH3 is 1. The number of allylic oxidation sites excluding steroid dienone is 2. The van der Waals surface area contributed by atoms with E-state index in [4.69, 9.17) is 10.5 Å². The van der Waals surface area contributed by atoms with Crippen molar-refractivity contribution in [2.75, 3.05) is 12.8 Å². The van der Waals surface area contributed by atoms with Gasteiger partial charge in [-0.25, -0.2) is 0 Å². The first-order valence-corrected chi connectivity index (χ1v) is 32.5. The third kappa shape index (κ3) is 12.7. The van der Waals surface area contributed by atoms with Crippen molar-refractivity contribution in [2.24, 2.45) is 46.8 Å². The topological polar surface area (TPSA) is 575 Å². The van der Waals surface area contributed by atoms with E-state index in [2.05, 4.69) is 40.9 Å². The molecule has 8 rings (SSSR count). The fourth-order valence-corrected chi connectivity index (χ4v) is 13.1. The van der Waals surface area contributed by atoms with E-state index in [-0.39, 0.29) is 34.5 Å². The molecule has 34 nitrogen and oxygen atoms in total. The van der Waals surface area contributed by atoms with E-state index in [1.54, 1.807) is 6.92 Å². The number of nitrogens with zero attached hydrogens (tertiary/aromatic N) is 8. The zero-order valence-electron chi connectivity index (χ0n) is 42.0. The molecular weight excluding hydrogens is 1280 g/mol. The first kappa shape index (κ1) is 62.6. The lowest BCUT2D eigenvalue weighted by Gasteiger charge is -2.14. The second-order valence-electron chi connectivity index (χ2n) is 17.7. The van der Waals surface area contributed by atoms with Crippen LogP contribution in [0.1, 0.15) is 13.3 Å². The number of aromatic hydroxyl groups is 3. The SMILES string of the molecule is COc1ccc(N=Nc2c(S(=O)(=O)O)cc3c(S(=O)(=O)O)c(N=Nc4c(S(=O)(=O)O)cc5cc(S(=O)(=O)O)c(N=Nc6ccc7c(O)c(N=NC8=CC(C)CC=C8S(=O)(=O)O)c(S(=O)(=O)O)cc7c6)c(O)c5c4N)ccc3c2O)c(S(=O)(=O)O)c1. The predicted octanol–water partition coefficient (Wildman–Crippen LogP) is 8.36. The summed E-state index contributed by atoms with van der Waals surface area (Å²) in [5, 5.41) is 59.6. The highest BCUT2D eigenvalue weighted by Crippen LogP contribution is 2.51. The van der Waals surface area contributed by atoms with Crippen LogP contribution in [0.15, 0.2) is 166 Å². The van der Waals surface area contributed by atoms with Gasteiger partial charge in [-0.3, -0.25) is 31.9 Å². The fraction of sp³-hybridized carbons (Fsp3) is 0.0909. The van der Waals surface area contributed by atoms with Gasteiger partial charge in [-0.1, -0.05) is 19.1 Å². The molecule has 12 N–H and O–H groups in total. The van der Waals surface area contributed by atoms with E-state index in [0.29, 0.717) is 24.3 Å². The highest BCUT2D eigenvalue weighted by atomic mass is 32.2. The van der Waals surface area contributed by atoms with Gasteiger partial charge in [0.25, 0.3) is 70.8 Å². The van der Waals surface area contributed by atoms with E-state index in [1.165, 1.54) is 6.08 Å². The maximum atomic E-state index is 13.1. The van der Waals surface area contributed by atoms with Crippen LogP contribution in [0.2, 0.25) is 0 Å². The predicted molar refractivity (Wildman–Crippen MR) is 292 cm³/mol. The summed E-state index contributed by atoms with van der Waals surface area (Å²) in [5.74, 6) is -4.15. The van der Waals surface area contributed by atoms with Gasteiger partial charge in [0.1, 0.15) is 79.8 Å². The molecule has 0 radical (unpaired) electrons. The van der Waals surface area contributed by atoms with Gasteiger partial charge in [-0.2, -0.15) is 64.0 Å². The number of phenolic OH excluding ortho intramolecular Hbond substituents is 3. The number of rotatable bonds is 16. The highest BCUT2D eigenvalue weighted by molar-refractivity contribution is 7.90. The fourth-order valence-electron chi connectivity index (χ4n) is 8.29. The molecule has 448 valence electrons. The second kappa shape index (κ2) is 21.9. The number of nitrogen functional groups attached to an aromatic ring is 1. The molecule has 0 aliphatic heterocycles. The lowest BCUT2D eigenvalue weighted by Crippen LogP contribution is -2.09. The summed E-state index contributed by atoms with van der Waals surface area (Å²) in [6.07, 6.45) is 2.54. The van der Waals surface area contributed by atoms with E-state index in [1.807, 2.05) is 0 Å². The van der Waals surface area contributed by atoms with Gasteiger partial charge in [-0.05, 0) is 89.8 Å². The summed E-state index contributed by atoms with van der Waals surface area (Å²) in [6.45, 7) is 1.64. The summed E-state index contributed by atoms with van der Waals surface area (Å²) in [7, 11) is -36.8. The Hall–Kier alpha value is -8.43. The Morgan fingerprint density at radius 1 is 0.459 bits per heavy atom. The summed E-state index contributed by atoms with van der Waals surface area (Å²) >= 11 is 0. The van der Waals surface area contributed by atoms with E-state index < -0.39 is 189 Å². The van der Waals surface area contributed by atoms with Crippen LogP contribution in [0.4, 0.5) is 45.5 Å². The molecule has 85 heavy (non-hydrogen) atoms. The maximum Gasteiger partial charge on any atom is 0.297 e. The lowest BCUT2D eigenvalue weighted by atomic mass is 10.0. The highest BCUT2D eigenvalue weighted by Gasteiger charge is 2.32. The Bertz CT molecular complexity index is 5170. The van der Waals surface area contributed by atoms with Crippen LogP contribution in [-0.4, -0.2) is 113 Å². The lowest BCUT2D eigenvalue weighted by molar-refractivity contribution is 0.412. The molecule has 7 aromatic carbocycles. The molecule has 1 unspecified atom stereocenters. The third-order valence-corrected chi connectivity index (χ3v) is 18.2. The molecule has 7 aromatic rings. The van der Waals surface area contributed by atoms with Gasteiger partial charge in [0.05, 0.1) is 23.9 Å². The number of phenols is 3. The standard InChI is InChI=1S/C44H35N9O25S7/c1-18-3-10-29(79(57,58)59)28(11-18)49-53-38-32(82(66,67)68)13-19-12-21(4-6-23(19)41(38)54)46-51-40-33(83(69,70)71)15-20-14-31(81(63,64)65)37(36(45)35(20)43(40)56)50-48-27-9-7-24-25(44(27)85(75,76)77)17-34(84(72,73)74)39(42(24)55)52-47-26-8-5-22(78-2)16-30(26)80(60,61)62/h4-18,54-56H,3,45H2,1-2H3,(H,57,58,59)(H,60,61,62)(H,63,64,65)(H,66,67,68)(H,69,70,71)(H,72,73,74)(H,75,76,77). The van der Waals surface area contributed by atoms with Crippen LogP contribution in [0.3, 0.4) is 0 Å². The Morgan fingerprint density at radius 2 is 0.929 bits per heavy atom. The number of hydrogen-bond donors (Lipinski definition) is 11. The molecule has 1 aliphatic rings. The average molecular weight is 1310 g/mol. The zero-order chi connectivity index (χ0) is 63.1. The Labute approximate surface area is 477 Å². The van der Waals surface area contributed by atoms with Crippen LogP contribution in [0.5, 0.6) is 23.0 Å². The van der Waals surface area contributed by atoms with Crippen LogP contribution in [-0.2, 0) is 70.8 Å². The molecule has 1 aliphatic carbocycles. The number of benzene rings is 7. The number of ether oxygens (including phenoxy) is 1. The summed E-state index contributed by atoms with van der Waals surface area (Å²) in [6, 6.07) is 9.19. The van der Waals surface area contributed by atoms with Crippen molar-refractivity contribution in [1.82, 2.24) is 0 Å². The van der Waals surface area contributed by atoms with Crippen LogP contribution < -0.4 is 10.5 Å². The minimum atomic E-state index is -5.75. The molecule has 0 saturated carbocycles. The molecule has 0 bridgehead atoms. The van der Waals surface area contributed by atoms with Crippen molar-refractivity contribution in [1.29, 1.82) is 0 Å². The maximum absolute atomic E-state index is 13.1. The first-order chi connectivity index (χ1) is 39.1. The second-order valence-corrected chi connectivity index (χ2v) is 27.4. The molecule has 1 atom stereocenters. The summed E-state index contributed by atoms with van der Waals surface area (Å²) in [5.41, 5.74) is -1.89. The number of azo groups is 4. The zero-order valence-corrected chi connectivity index (χ0v) is 47.7. The smallest absolute Gasteiger partial charge is 0.297 e. The van der Waals surface area contributed by atoms with Gasteiger partial charge in [0.15, 0.2) is 17.2 Å². The number of fused-ring (bicyclic) bond motifs is 3. The minimum Gasteiger partial charge on any atom is -0.505 e. The van der Waals surface area contributed by atoms with Crippen molar-refractivity contribution >= 4 is 149 Å². The molecular formula is C44H35N9O25S7. The third-order valence-electron chi connectivity index (χ3n) is 12.0. The molecule has 0 heterocycles. The Balaban J connectivity index is 1.27. The molecule has 0 fully saturated rings. The Kier molecular flexibility index (Phi) is 16.1. The van der Waals surface area contributed by atoms with Crippen LogP contribution >= 0.6 is 0 Å². The van der Waals surface area contributed by atoms with E-state index in [9.17, 15) is 106 Å². The summed E-state index contributed by atoms with van der Waals surface area (Å²) in [4.78, 5) is -8.40. The molecule has 0 aromatic heterocycles. The van der Waals surface area contributed by atoms with Gasteiger partial charge in [-0.15, -0.1) is 35.8 Å². The van der Waals surface area contributed by atoms with Gasteiger partial charge in [0, 0.05) is 22.2 Å². The Morgan fingerprint density at radius 3 is 1.48 bits per heavy atom. The molecule has 0 amide bonds. The van der Waals surface area contributed by atoms with Gasteiger partial charge >= 0.3 is 0 Å². The number of hydrogen-bond acceptors (Lipinski definition) is 27. The molecule has 0 spiro atoms. The average Bonchev–Trinajstić information content (AvgIpc) is 1.63.